The molecule has 0 radical (unpaired) electrons. The number of hydrogen-bond donors (Lipinski definition) is 3. The van der Waals surface area contributed by atoms with Gasteiger partial charge < -0.3 is 24.3 Å². The highest BCUT2D eigenvalue weighted by molar-refractivity contribution is 6.00. The van der Waals surface area contributed by atoms with Gasteiger partial charge in [-0.25, -0.2) is 4.79 Å². The maximum absolute atomic E-state index is 12.6. The van der Waals surface area contributed by atoms with Crippen molar-refractivity contribution in [3.05, 3.63) is 77.7 Å². The number of aliphatic carboxylic acids is 1. The number of carbonyl (C=O) groups excluding carboxylic acids is 2. The zero-order chi connectivity index (χ0) is 24.4. The Hall–Kier alpha value is -4.11. The number of carboxylic acids is 1. The molecule has 0 bridgehead atoms. The van der Waals surface area contributed by atoms with Gasteiger partial charge in [0.15, 0.2) is 0 Å². The maximum atomic E-state index is 12.6. The van der Waals surface area contributed by atoms with E-state index in [1.54, 1.807) is 0 Å². The van der Waals surface area contributed by atoms with Gasteiger partial charge in [0, 0.05) is 18.5 Å². The summed E-state index contributed by atoms with van der Waals surface area (Å²) in [6.07, 6.45) is 0.512. The SMILES string of the molecule is O=C(Nc1ccoc1C(=O)NC[C@@H]1C[C@H](C(=O)O)CO1)OCC1c2ccccc2-c2ccccc21. The number of anilines is 1. The minimum Gasteiger partial charge on any atom is -0.481 e. The standard InChI is InChI=1S/C26H24N2O7/c29-24(27-12-16-11-15(13-34-16)25(30)31)23-22(9-10-33-23)28-26(32)35-14-21-19-7-3-1-5-17(19)18-6-2-4-8-20(18)21/h1-10,15-16,21H,11-14H2,(H,27,29)(H,28,32)(H,30,31)/t15-,16-/m0/s1. The average molecular weight is 476 g/mol. The first kappa shape index (κ1) is 22.7. The van der Waals surface area contributed by atoms with E-state index < -0.39 is 30.0 Å². The number of hydrogen-bond acceptors (Lipinski definition) is 6. The van der Waals surface area contributed by atoms with Crippen LogP contribution in [0.4, 0.5) is 10.5 Å². The molecule has 2 atom stereocenters. The second-order valence-electron chi connectivity index (χ2n) is 8.55. The highest BCUT2D eigenvalue weighted by atomic mass is 16.5. The predicted octanol–water partition coefficient (Wildman–Crippen LogP) is 3.86. The van der Waals surface area contributed by atoms with Crippen molar-refractivity contribution in [2.45, 2.75) is 18.4 Å². The van der Waals surface area contributed by atoms with E-state index in [1.807, 2.05) is 36.4 Å². The lowest BCUT2D eigenvalue weighted by Gasteiger charge is -2.14. The van der Waals surface area contributed by atoms with Gasteiger partial charge in [0.2, 0.25) is 5.76 Å². The van der Waals surface area contributed by atoms with Crippen molar-refractivity contribution in [3.63, 3.8) is 0 Å². The molecule has 0 unspecified atom stereocenters. The predicted molar refractivity (Wildman–Crippen MR) is 125 cm³/mol. The maximum Gasteiger partial charge on any atom is 0.411 e. The Kier molecular flexibility index (Phi) is 6.24. The normalized spacial score (nSPS) is 18.5. The lowest BCUT2D eigenvalue weighted by atomic mass is 9.98. The molecule has 5 rings (SSSR count). The summed E-state index contributed by atoms with van der Waals surface area (Å²) in [7, 11) is 0. The molecule has 35 heavy (non-hydrogen) atoms. The Morgan fingerprint density at radius 1 is 1.00 bits per heavy atom. The van der Waals surface area contributed by atoms with Gasteiger partial charge >= 0.3 is 12.1 Å². The molecule has 180 valence electrons. The molecule has 3 aromatic rings. The van der Waals surface area contributed by atoms with Crippen LogP contribution in [0.25, 0.3) is 11.1 Å². The van der Waals surface area contributed by atoms with Gasteiger partial charge in [-0.1, -0.05) is 48.5 Å². The molecular weight excluding hydrogens is 452 g/mol. The smallest absolute Gasteiger partial charge is 0.411 e. The number of ether oxygens (including phenoxy) is 2. The highest BCUT2D eigenvalue weighted by Gasteiger charge is 2.32. The van der Waals surface area contributed by atoms with E-state index >= 15 is 0 Å². The van der Waals surface area contributed by atoms with Crippen molar-refractivity contribution >= 4 is 23.7 Å². The lowest BCUT2D eigenvalue weighted by Crippen LogP contribution is -2.32. The van der Waals surface area contributed by atoms with Gasteiger partial charge in [-0.05, 0) is 28.7 Å². The summed E-state index contributed by atoms with van der Waals surface area (Å²) < 4.78 is 16.2. The van der Waals surface area contributed by atoms with Crippen LogP contribution >= 0.6 is 0 Å². The Balaban J connectivity index is 1.17. The number of nitrogens with one attached hydrogen (secondary N) is 2. The van der Waals surface area contributed by atoms with Crippen LogP contribution in [0.5, 0.6) is 0 Å². The Morgan fingerprint density at radius 2 is 1.69 bits per heavy atom. The third-order valence-corrected chi connectivity index (χ3v) is 6.37. The molecule has 1 fully saturated rings. The summed E-state index contributed by atoms with van der Waals surface area (Å²) in [6.45, 7) is 0.391. The zero-order valence-corrected chi connectivity index (χ0v) is 18.7. The van der Waals surface area contributed by atoms with Crippen LogP contribution in [0.3, 0.4) is 0 Å². The van der Waals surface area contributed by atoms with Crippen LogP contribution in [-0.4, -0.2) is 48.9 Å². The van der Waals surface area contributed by atoms with Crippen LogP contribution in [-0.2, 0) is 14.3 Å². The number of furan rings is 1. The summed E-state index contributed by atoms with van der Waals surface area (Å²) >= 11 is 0. The third-order valence-electron chi connectivity index (χ3n) is 6.37. The second-order valence-corrected chi connectivity index (χ2v) is 8.55. The monoisotopic (exact) mass is 476 g/mol. The zero-order valence-electron chi connectivity index (χ0n) is 18.7. The molecule has 1 saturated heterocycles. The minimum atomic E-state index is -0.917. The van der Waals surface area contributed by atoms with Crippen molar-refractivity contribution in [3.8, 4) is 11.1 Å². The van der Waals surface area contributed by atoms with Gasteiger partial charge in [0.1, 0.15) is 6.61 Å². The van der Waals surface area contributed by atoms with Crippen LogP contribution < -0.4 is 10.6 Å². The molecular formula is C26H24N2O7. The number of fused-ring (bicyclic) bond motifs is 3. The first-order chi connectivity index (χ1) is 17.0. The molecule has 3 N–H and O–H groups in total. The van der Waals surface area contributed by atoms with Crippen LogP contribution in [0.1, 0.15) is 34.0 Å². The van der Waals surface area contributed by atoms with Gasteiger partial charge in [0.25, 0.3) is 5.91 Å². The average Bonchev–Trinajstić information content (AvgIpc) is 3.59. The molecule has 0 saturated carbocycles. The summed E-state index contributed by atoms with van der Waals surface area (Å²) in [5.41, 5.74) is 4.64. The van der Waals surface area contributed by atoms with E-state index in [0.29, 0.717) is 6.42 Å². The van der Waals surface area contributed by atoms with Crippen molar-refractivity contribution in [1.29, 1.82) is 0 Å². The minimum absolute atomic E-state index is 0.0775. The van der Waals surface area contributed by atoms with Crippen LogP contribution in [0.2, 0.25) is 0 Å². The van der Waals surface area contributed by atoms with Crippen LogP contribution in [0, 0.1) is 5.92 Å². The fraction of sp³-hybridized carbons (Fsp3) is 0.269. The first-order valence-electron chi connectivity index (χ1n) is 11.3. The fourth-order valence-electron chi connectivity index (χ4n) is 4.63. The number of rotatable bonds is 7. The van der Waals surface area contributed by atoms with Crippen molar-refractivity contribution in [2.75, 3.05) is 25.1 Å². The van der Waals surface area contributed by atoms with E-state index in [1.165, 1.54) is 12.3 Å². The quantitative estimate of drug-likeness (QED) is 0.473. The van der Waals surface area contributed by atoms with E-state index in [4.69, 9.17) is 19.0 Å². The Labute approximate surface area is 201 Å². The topological polar surface area (TPSA) is 127 Å². The molecule has 9 nitrogen and oxygen atoms in total. The molecule has 1 aliphatic heterocycles. The summed E-state index contributed by atoms with van der Waals surface area (Å²) in [6, 6.07) is 17.5. The molecule has 2 heterocycles. The van der Waals surface area contributed by atoms with E-state index in [0.717, 1.165) is 22.3 Å². The highest BCUT2D eigenvalue weighted by Crippen LogP contribution is 2.44. The Bertz CT molecular complexity index is 1220. The Morgan fingerprint density at radius 3 is 2.34 bits per heavy atom. The van der Waals surface area contributed by atoms with Crippen molar-refractivity contribution in [1.82, 2.24) is 5.32 Å². The van der Waals surface area contributed by atoms with Gasteiger partial charge in [-0.15, -0.1) is 0 Å². The molecule has 9 heteroatoms. The number of benzene rings is 2. The van der Waals surface area contributed by atoms with Gasteiger partial charge in [-0.2, -0.15) is 0 Å². The fourth-order valence-corrected chi connectivity index (χ4v) is 4.63. The number of amides is 2. The van der Waals surface area contributed by atoms with E-state index in [2.05, 4.69) is 22.8 Å². The van der Waals surface area contributed by atoms with Gasteiger partial charge in [0.05, 0.1) is 30.6 Å². The summed E-state index contributed by atoms with van der Waals surface area (Å²) in [5.74, 6) is -2.20. The summed E-state index contributed by atoms with van der Waals surface area (Å²) in [4.78, 5) is 36.1. The van der Waals surface area contributed by atoms with E-state index in [9.17, 15) is 14.4 Å². The summed E-state index contributed by atoms with van der Waals surface area (Å²) in [5, 5.41) is 14.3. The number of carboxylic acid groups (broad SMARTS) is 1. The molecule has 2 amide bonds. The number of carbonyl (C=O) groups is 3. The van der Waals surface area contributed by atoms with Crippen molar-refractivity contribution < 1.29 is 33.4 Å². The van der Waals surface area contributed by atoms with E-state index in [-0.39, 0.29) is 37.1 Å². The molecule has 2 aliphatic rings. The van der Waals surface area contributed by atoms with Crippen molar-refractivity contribution in [2.24, 2.45) is 5.92 Å². The molecule has 2 aromatic carbocycles. The molecule has 0 spiro atoms. The largest absolute Gasteiger partial charge is 0.481 e. The second kappa shape index (κ2) is 9.63. The lowest BCUT2D eigenvalue weighted by molar-refractivity contribution is -0.141. The molecule has 1 aromatic heterocycles. The molecule has 1 aliphatic carbocycles. The van der Waals surface area contributed by atoms with Crippen LogP contribution in [0.15, 0.2) is 65.3 Å². The first-order valence-corrected chi connectivity index (χ1v) is 11.3. The third kappa shape index (κ3) is 4.63. The van der Waals surface area contributed by atoms with Gasteiger partial charge in [-0.3, -0.25) is 14.9 Å².